The van der Waals surface area contributed by atoms with Gasteiger partial charge in [-0.15, -0.1) is 0 Å². The molecular weight excluding hydrogens is 254 g/mol. The van der Waals surface area contributed by atoms with E-state index in [1.165, 1.54) is 44.2 Å². The summed E-state index contributed by atoms with van der Waals surface area (Å²) in [6, 6.07) is 0.573. The molecule has 0 aromatic heterocycles. The standard InChI is InChI=1S/C15H23N3S/c1-10(14-9-11-5-7-12(14)8-6-11)17-18-15(19)16-13-3-2-4-13/h5,7,11-14H,2-4,6,8-9H2,1H3,(H2,16,18,19)/b17-10+. The van der Waals surface area contributed by atoms with Crippen molar-refractivity contribution in [3.05, 3.63) is 12.2 Å². The Bertz CT molecular complexity index is 412. The first kappa shape index (κ1) is 13.1. The van der Waals surface area contributed by atoms with Crippen molar-refractivity contribution in [2.75, 3.05) is 0 Å². The van der Waals surface area contributed by atoms with E-state index in [1.54, 1.807) is 0 Å². The summed E-state index contributed by atoms with van der Waals surface area (Å²) in [5.74, 6) is 2.09. The van der Waals surface area contributed by atoms with Crippen LogP contribution < -0.4 is 10.7 Å². The van der Waals surface area contributed by atoms with Gasteiger partial charge in [0, 0.05) is 17.7 Å². The average Bonchev–Trinajstić information content (AvgIpc) is 2.41. The molecular formula is C15H23N3S. The van der Waals surface area contributed by atoms with Gasteiger partial charge >= 0.3 is 0 Å². The first-order valence-corrected chi connectivity index (χ1v) is 7.92. The topological polar surface area (TPSA) is 36.4 Å². The number of rotatable bonds is 3. The Balaban J connectivity index is 1.51. The van der Waals surface area contributed by atoms with E-state index in [-0.39, 0.29) is 0 Å². The van der Waals surface area contributed by atoms with Crippen molar-refractivity contribution in [1.82, 2.24) is 10.7 Å². The molecule has 0 aromatic rings. The number of fused-ring (bicyclic) bond motifs is 2. The normalized spacial score (nSPS) is 33.9. The van der Waals surface area contributed by atoms with E-state index in [1.807, 2.05) is 0 Å². The van der Waals surface area contributed by atoms with Gasteiger partial charge in [-0.2, -0.15) is 5.10 Å². The first-order valence-electron chi connectivity index (χ1n) is 7.51. The number of hydrogen-bond donors (Lipinski definition) is 2. The monoisotopic (exact) mass is 277 g/mol. The number of nitrogens with one attached hydrogen (secondary N) is 2. The van der Waals surface area contributed by atoms with Gasteiger partial charge in [0.05, 0.1) is 0 Å². The average molecular weight is 277 g/mol. The van der Waals surface area contributed by atoms with Crippen LogP contribution in [-0.2, 0) is 0 Å². The second-order valence-electron chi connectivity index (χ2n) is 6.19. The van der Waals surface area contributed by atoms with Crippen molar-refractivity contribution in [2.24, 2.45) is 22.9 Å². The molecule has 3 nitrogen and oxygen atoms in total. The Hall–Kier alpha value is -0.900. The maximum Gasteiger partial charge on any atom is 0.187 e. The van der Waals surface area contributed by atoms with Crippen molar-refractivity contribution < 1.29 is 0 Å². The molecule has 0 radical (unpaired) electrons. The lowest BCUT2D eigenvalue weighted by atomic mass is 9.68. The second-order valence-corrected chi connectivity index (χ2v) is 6.60. The van der Waals surface area contributed by atoms with Crippen LogP contribution in [0.1, 0.15) is 45.4 Å². The van der Waals surface area contributed by atoms with Crippen LogP contribution in [0.25, 0.3) is 0 Å². The zero-order valence-electron chi connectivity index (χ0n) is 11.6. The summed E-state index contributed by atoms with van der Waals surface area (Å²) in [6.45, 7) is 2.14. The Labute approximate surface area is 120 Å². The predicted molar refractivity (Wildman–Crippen MR) is 83.1 cm³/mol. The van der Waals surface area contributed by atoms with Crippen LogP contribution in [0.3, 0.4) is 0 Å². The maximum absolute atomic E-state index is 5.27. The highest BCUT2D eigenvalue weighted by atomic mass is 32.1. The highest BCUT2D eigenvalue weighted by Crippen LogP contribution is 2.40. The molecule has 4 heteroatoms. The highest BCUT2D eigenvalue weighted by molar-refractivity contribution is 7.80. The Morgan fingerprint density at radius 3 is 2.58 bits per heavy atom. The zero-order valence-corrected chi connectivity index (χ0v) is 12.4. The molecule has 3 unspecified atom stereocenters. The predicted octanol–water partition coefficient (Wildman–Crippen LogP) is 2.98. The largest absolute Gasteiger partial charge is 0.359 e. The second kappa shape index (κ2) is 5.61. The van der Waals surface area contributed by atoms with Gasteiger partial charge in [0.2, 0.25) is 0 Å². The SMILES string of the molecule is C/C(=N\NC(=S)NC1CCC1)C1CC2C=CC1CC2. The fraction of sp³-hybridized carbons (Fsp3) is 0.733. The highest BCUT2D eigenvalue weighted by Gasteiger charge is 2.33. The van der Waals surface area contributed by atoms with Crippen molar-refractivity contribution in [3.8, 4) is 0 Å². The van der Waals surface area contributed by atoms with Crippen LogP contribution in [0, 0.1) is 17.8 Å². The molecule has 0 aliphatic heterocycles. The van der Waals surface area contributed by atoms with E-state index < -0.39 is 0 Å². The number of thiocarbonyl (C=S) groups is 1. The third kappa shape index (κ3) is 2.99. The fourth-order valence-corrected chi connectivity index (χ4v) is 3.62. The molecule has 2 N–H and O–H groups in total. The van der Waals surface area contributed by atoms with E-state index in [0.29, 0.717) is 23.0 Å². The Morgan fingerprint density at radius 1 is 1.21 bits per heavy atom. The molecule has 104 valence electrons. The van der Waals surface area contributed by atoms with Gasteiger partial charge in [-0.3, -0.25) is 5.43 Å². The molecule has 2 bridgehead atoms. The van der Waals surface area contributed by atoms with E-state index >= 15 is 0 Å². The van der Waals surface area contributed by atoms with Gasteiger partial charge in [0.15, 0.2) is 5.11 Å². The molecule has 19 heavy (non-hydrogen) atoms. The van der Waals surface area contributed by atoms with Crippen LogP contribution in [-0.4, -0.2) is 16.9 Å². The zero-order chi connectivity index (χ0) is 13.2. The summed E-state index contributed by atoms with van der Waals surface area (Å²) in [5, 5.41) is 8.50. The maximum atomic E-state index is 5.27. The van der Waals surface area contributed by atoms with Crippen LogP contribution in [0.15, 0.2) is 17.3 Å². The minimum absolute atomic E-state index is 0.573. The lowest BCUT2D eigenvalue weighted by molar-refractivity contribution is 0.277. The van der Waals surface area contributed by atoms with Crippen molar-refractivity contribution >= 4 is 23.0 Å². The number of hydrogen-bond acceptors (Lipinski definition) is 2. The van der Waals surface area contributed by atoms with Crippen LogP contribution in [0.4, 0.5) is 0 Å². The molecule has 4 aliphatic rings. The summed E-state index contributed by atoms with van der Waals surface area (Å²) in [7, 11) is 0. The molecule has 0 saturated heterocycles. The summed E-state index contributed by atoms with van der Waals surface area (Å²) < 4.78 is 0. The molecule has 0 heterocycles. The van der Waals surface area contributed by atoms with Crippen molar-refractivity contribution in [2.45, 2.75) is 51.5 Å². The summed E-state index contributed by atoms with van der Waals surface area (Å²) in [6.07, 6.45) is 12.5. The summed E-state index contributed by atoms with van der Waals surface area (Å²) in [5.41, 5.74) is 4.23. The molecule has 2 fully saturated rings. The van der Waals surface area contributed by atoms with Crippen LogP contribution in [0.5, 0.6) is 0 Å². The van der Waals surface area contributed by atoms with Crippen molar-refractivity contribution in [1.29, 1.82) is 0 Å². The van der Waals surface area contributed by atoms with Gasteiger partial charge < -0.3 is 5.32 Å². The van der Waals surface area contributed by atoms with E-state index in [0.717, 1.165) is 5.92 Å². The van der Waals surface area contributed by atoms with Crippen molar-refractivity contribution in [3.63, 3.8) is 0 Å². The smallest absolute Gasteiger partial charge is 0.187 e. The molecule has 4 aliphatic carbocycles. The molecule has 2 saturated carbocycles. The molecule has 0 spiro atoms. The lowest BCUT2D eigenvalue weighted by Gasteiger charge is -2.37. The third-order valence-electron chi connectivity index (χ3n) is 4.89. The van der Waals surface area contributed by atoms with Crippen LogP contribution >= 0.6 is 12.2 Å². The molecule has 4 rings (SSSR count). The number of allylic oxidation sites excluding steroid dienone is 2. The molecule has 3 atom stereocenters. The summed E-state index contributed by atoms with van der Waals surface area (Å²) in [4.78, 5) is 0. The minimum atomic E-state index is 0.573. The fourth-order valence-electron chi connectivity index (χ4n) is 3.40. The lowest BCUT2D eigenvalue weighted by Crippen LogP contribution is -2.44. The first-order chi connectivity index (χ1) is 9.22. The molecule has 0 aromatic carbocycles. The number of nitrogens with zero attached hydrogens (tertiary/aromatic N) is 1. The molecule has 0 amide bonds. The van der Waals surface area contributed by atoms with Gasteiger partial charge in [-0.05, 0) is 69.5 Å². The quantitative estimate of drug-likeness (QED) is 0.360. The minimum Gasteiger partial charge on any atom is -0.359 e. The number of hydrazone groups is 1. The van der Waals surface area contributed by atoms with Crippen LogP contribution in [0.2, 0.25) is 0 Å². The van der Waals surface area contributed by atoms with Gasteiger partial charge in [0.25, 0.3) is 0 Å². The van der Waals surface area contributed by atoms with E-state index in [9.17, 15) is 0 Å². The van der Waals surface area contributed by atoms with E-state index in [2.05, 4.69) is 34.9 Å². The summed E-state index contributed by atoms with van der Waals surface area (Å²) >= 11 is 5.27. The van der Waals surface area contributed by atoms with E-state index in [4.69, 9.17) is 12.2 Å². The van der Waals surface area contributed by atoms with Gasteiger partial charge in [-0.25, -0.2) is 0 Å². The Morgan fingerprint density at radius 2 is 2.05 bits per heavy atom. The van der Waals surface area contributed by atoms with Gasteiger partial charge in [-0.1, -0.05) is 12.2 Å². The van der Waals surface area contributed by atoms with Gasteiger partial charge in [0.1, 0.15) is 0 Å². The third-order valence-corrected chi connectivity index (χ3v) is 5.09. The Kier molecular flexibility index (Phi) is 3.87.